The Labute approximate surface area is 218 Å². The first-order chi connectivity index (χ1) is 18.0. The highest BCUT2D eigenvalue weighted by Gasteiger charge is 2.22. The summed E-state index contributed by atoms with van der Waals surface area (Å²) >= 11 is 6.19. The minimum absolute atomic E-state index is 0.0114. The molecule has 4 aromatic rings. The van der Waals surface area contributed by atoms with E-state index in [-0.39, 0.29) is 17.9 Å². The van der Waals surface area contributed by atoms with Gasteiger partial charge in [-0.15, -0.1) is 5.10 Å². The number of pyridine rings is 1. The summed E-state index contributed by atoms with van der Waals surface area (Å²) in [5.41, 5.74) is 2.44. The molecule has 1 amide bonds. The summed E-state index contributed by atoms with van der Waals surface area (Å²) in [6.07, 6.45) is 4.21. The van der Waals surface area contributed by atoms with Crippen molar-refractivity contribution in [3.8, 4) is 0 Å². The normalized spacial score (nSPS) is 13.5. The summed E-state index contributed by atoms with van der Waals surface area (Å²) in [6, 6.07) is 9.33. The number of halogens is 1. The van der Waals surface area contributed by atoms with E-state index in [1.807, 2.05) is 32.0 Å². The Kier molecular flexibility index (Phi) is 7.08. The number of rotatable bonds is 7. The second-order valence-electron chi connectivity index (χ2n) is 8.33. The van der Waals surface area contributed by atoms with Crippen LogP contribution in [0.3, 0.4) is 0 Å². The van der Waals surface area contributed by atoms with E-state index in [1.54, 1.807) is 24.5 Å². The molecule has 0 bridgehead atoms. The number of hydrogen-bond acceptors (Lipinski definition) is 11. The Hall–Kier alpha value is -4.32. The minimum atomic E-state index is -0.575. The van der Waals surface area contributed by atoms with Gasteiger partial charge in [-0.3, -0.25) is 15.1 Å². The van der Waals surface area contributed by atoms with Gasteiger partial charge in [0.05, 0.1) is 10.7 Å². The quantitative estimate of drug-likeness (QED) is 0.370. The molecule has 4 heterocycles. The van der Waals surface area contributed by atoms with Crippen LogP contribution < -0.4 is 20.4 Å². The van der Waals surface area contributed by atoms with Crippen LogP contribution in [0.15, 0.2) is 47.1 Å². The lowest BCUT2D eigenvalue weighted by Gasteiger charge is -2.36. The third kappa shape index (κ3) is 5.59. The van der Waals surface area contributed by atoms with Crippen LogP contribution in [0.1, 0.15) is 29.0 Å². The van der Waals surface area contributed by atoms with E-state index < -0.39 is 5.91 Å². The lowest BCUT2D eigenvalue weighted by Crippen LogP contribution is -2.47. The van der Waals surface area contributed by atoms with E-state index >= 15 is 0 Å². The van der Waals surface area contributed by atoms with Crippen molar-refractivity contribution in [1.29, 1.82) is 0 Å². The molecule has 1 aromatic carbocycles. The zero-order chi connectivity index (χ0) is 25.8. The summed E-state index contributed by atoms with van der Waals surface area (Å²) in [7, 11) is 0. The second kappa shape index (κ2) is 10.7. The highest BCUT2D eigenvalue weighted by atomic mass is 35.5. The largest absolute Gasteiger partial charge is 0.399 e. The van der Waals surface area contributed by atoms with E-state index in [0.29, 0.717) is 28.9 Å². The van der Waals surface area contributed by atoms with E-state index in [4.69, 9.17) is 16.0 Å². The highest BCUT2D eigenvalue weighted by molar-refractivity contribution is 6.34. The molecular formula is C24H25ClN10O2. The lowest BCUT2D eigenvalue weighted by atomic mass is 10.2. The van der Waals surface area contributed by atoms with Crippen LogP contribution in [0.5, 0.6) is 0 Å². The number of benzene rings is 1. The number of nitrogens with one attached hydrogen (secondary N) is 2. The number of hydrogen-bond donors (Lipinski definition) is 2. The number of anilines is 5. The van der Waals surface area contributed by atoms with Gasteiger partial charge in [-0.05, 0) is 30.7 Å². The highest BCUT2D eigenvalue weighted by Crippen LogP contribution is 2.26. The smallest absolute Gasteiger partial charge is 0.322 e. The first kappa shape index (κ1) is 24.4. The molecular weight excluding hydrogens is 496 g/mol. The van der Waals surface area contributed by atoms with Crippen LogP contribution in [0, 0.1) is 6.92 Å². The van der Waals surface area contributed by atoms with E-state index in [0.717, 1.165) is 37.4 Å². The van der Waals surface area contributed by atoms with Gasteiger partial charge in [-0.25, -0.2) is 0 Å². The summed E-state index contributed by atoms with van der Waals surface area (Å²) in [5, 5.41) is 13.8. The molecule has 1 aliphatic heterocycles. The molecule has 0 spiro atoms. The van der Waals surface area contributed by atoms with Crippen molar-refractivity contribution in [2.75, 3.05) is 46.6 Å². The van der Waals surface area contributed by atoms with E-state index in [1.165, 1.54) is 0 Å². The molecule has 0 saturated carbocycles. The number of aryl methyl sites for hydroxylation is 2. The Morgan fingerprint density at radius 1 is 1.03 bits per heavy atom. The van der Waals surface area contributed by atoms with Crippen LogP contribution in [-0.2, 0) is 6.42 Å². The predicted molar refractivity (Wildman–Crippen MR) is 140 cm³/mol. The van der Waals surface area contributed by atoms with Gasteiger partial charge in [0, 0.05) is 50.7 Å². The van der Waals surface area contributed by atoms with Gasteiger partial charge >= 0.3 is 17.8 Å². The molecule has 1 aliphatic rings. The number of nitrogens with zero attached hydrogens (tertiary/aromatic N) is 8. The maximum Gasteiger partial charge on any atom is 0.322 e. The summed E-state index contributed by atoms with van der Waals surface area (Å²) in [6.45, 7) is 6.96. The third-order valence-corrected chi connectivity index (χ3v) is 6.19. The fourth-order valence-corrected chi connectivity index (χ4v) is 4.17. The molecule has 3 aromatic heterocycles. The standard InChI is InChI=1S/C24H25ClN10O2/c1-3-18-27-22(30-23(28-18)35-13-11-34(12-14-35)16-7-9-26-10-8-16)31-24-33-32-21(37-24)20(36)29-19-15(2)5-4-6-17(19)25/h4-10H,3,11-14H2,1-2H3,(H,29,36)(H,27,28,30,31,33). The number of carbonyl (C=O) groups is 1. The SMILES string of the molecule is CCc1nc(Nc2nnc(C(=O)Nc3c(C)cccc3Cl)o2)nc(N2CCN(c3ccncc3)CC2)n1. The molecule has 1 fully saturated rings. The minimum Gasteiger partial charge on any atom is -0.399 e. The number of carbonyl (C=O) groups excluding carboxylic acids is 1. The number of amides is 1. The Balaban J connectivity index is 1.27. The molecule has 37 heavy (non-hydrogen) atoms. The van der Waals surface area contributed by atoms with Crippen molar-refractivity contribution in [1.82, 2.24) is 30.1 Å². The fraction of sp³-hybridized carbons (Fsp3) is 0.292. The first-order valence-corrected chi connectivity index (χ1v) is 12.2. The van der Waals surface area contributed by atoms with Gasteiger partial charge in [0.25, 0.3) is 0 Å². The molecule has 0 radical (unpaired) electrons. The van der Waals surface area contributed by atoms with Crippen LogP contribution in [0.25, 0.3) is 0 Å². The van der Waals surface area contributed by atoms with Crippen molar-refractivity contribution in [2.45, 2.75) is 20.3 Å². The average Bonchev–Trinajstić information content (AvgIpc) is 3.39. The number of aromatic nitrogens is 6. The zero-order valence-electron chi connectivity index (χ0n) is 20.3. The van der Waals surface area contributed by atoms with Gasteiger partial charge in [0.2, 0.25) is 11.9 Å². The molecule has 0 aliphatic carbocycles. The van der Waals surface area contributed by atoms with E-state index in [9.17, 15) is 4.79 Å². The Morgan fingerprint density at radius 3 is 2.51 bits per heavy atom. The predicted octanol–water partition coefficient (Wildman–Crippen LogP) is 3.50. The third-order valence-electron chi connectivity index (χ3n) is 5.87. The molecule has 1 saturated heterocycles. The van der Waals surface area contributed by atoms with Gasteiger partial charge in [-0.1, -0.05) is 35.8 Å². The zero-order valence-corrected chi connectivity index (χ0v) is 21.1. The molecule has 2 N–H and O–H groups in total. The molecule has 0 atom stereocenters. The van der Waals surface area contributed by atoms with E-state index in [2.05, 4.69) is 50.6 Å². The lowest BCUT2D eigenvalue weighted by molar-refractivity contribution is 0.0991. The Morgan fingerprint density at radius 2 is 1.78 bits per heavy atom. The monoisotopic (exact) mass is 520 g/mol. The van der Waals surface area contributed by atoms with Crippen molar-refractivity contribution in [3.05, 3.63) is 65.0 Å². The van der Waals surface area contributed by atoms with Crippen molar-refractivity contribution < 1.29 is 9.21 Å². The fourth-order valence-electron chi connectivity index (χ4n) is 3.90. The topological polar surface area (TPSA) is 138 Å². The molecule has 190 valence electrons. The summed E-state index contributed by atoms with van der Waals surface area (Å²) in [4.78, 5) is 34.7. The molecule has 13 heteroatoms. The van der Waals surface area contributed by atoms with Gasteiger partial charge in [-0.2, -0.15) is 15.0 Å². The van der Waals surface area contributed by atoms with Gasteiger partial charge in [0.15, 0.2) is 0 Å². The van der Waals surface area contributed by atoms with Crippen LogP contribution in [0.4, 0.5) is 29.3 Å². The first-order valence-electron chi connectivity index (χ1n) is 11.8. The number of para-hydroxylation sites is 1. The number of piperazine rings is 1. The molecule has 5 rings (SSSR count). The maximum absolute atomic E-state index is 12.6. The van der Waals surface area contributed by atoms with Crippen LogP contribution in [0.2, 0.25) is 5.02 Å². The maximum atomic E-state index is 12.6. The summed E-state index contributed by atoms with van der Waals surface area (Å²) in [5.74, 6) is 0.649. The van der Waals surface area contributed by atoms with Crippen LogP contribution in [-0.4, -0.2) is 62.2 Å². The molecule has 0 unspecified atom stereocenters. The van der Waals surface area contributed by atoms with Gasteiger partial charge < -0.3 is 19.5 Å². The van der Waals surface area contributed by atoms with Gasteiger partial charge in [0.1, 0.15) is 5.82 Å². The Bertz CT molecular complexity index is 1370. The summed E-state index contributed by atoms with van der Waals surface area (Å²) < 4.78 is 5.51. The second-order valence-corrected chi connectivity index (χ2v) is 8.74. The van der Waals surface area contributed by atoms with Crippen molar-refractivity contribution >= 4 is 46.8 Å². The van der Waals surface area contributed by atoms with Crippen molar-refractivity contribution in [2.24, 2.45) is 0 Å². The average molecular weight is 521 g/mol. The van der Waals surface area contributed by atoms with Crippen LogP contribution >= 0.6 is 11.6 Å². The molecule has 12 nitrogen and oxygen atoms in total. The van der Waals surface area contributed by atoms with Crippen molar-refractivity contribution in [3.63, 3.8) is 0 Å².